The SMILES string of the molecule is [2H]C([2H])C(C)(C)Nc1ncc(C(N)=O)c(NC2CCC(C)C(O)C2)n1. The molecule has 1 aliphatic rings. The Bertz CT molecular complexity index is 627. The number of nitrogens with two attached hydrogens (primary N) is 1. The average Bonchev–Trinajstić information content (AvgIpc) is 2.50. The fourth-order valence-electron chi connectivity index (χ4n) is 2.64. The molecule has 1 aliphatic carbocycles. The van der Waals surface area contributed by atoms with Crippen molar-refractivity contribution >= 4 is 17.7 Å². The number of rotatable bonds is 4. The Morgan fingerprint density at radius 2 is 2.26 bits per heavy atom. The van der Waals surface area contributed by atoms with Gasteiger partial charge in [-0.05, 0) is 45.9 Å². The number of anilines is 2. The van der Waals surface area contributed by atoms with Gasteiger partial charge < -0.3 is 21.5 Å². The summed E-state index contributed by atoms with van der Waals surface area (Å²) in [4.78, 5) is 20.0. The Morgan fingerprint density at radius 3 is 2.87 bits per heavy atom. The highest BCUT2D eigenvalue weighted by atomic mass is 16.3. The number of hydrogen-bond donors (Lipinski definition) is 4. The second-order valence-corrected chi connectivity index (χ2v) is 6.87. The molecule has 128 valence electrons. The summed E-state index contributed by atoms with van der Waals surface area (Å²) in [6, 6.07) is -0.0137. The van der Waals surface area contributed by atoms with Gasteiger partial charge in [0.1, 0.15) is 5.82 Å². The third kappa shape index (κ3) is 4.79. The molecule has 0 bridgehead atoms. The number of carbonyl (C=O) groups is 1. The van der Waals surface area contributed by atoms with Gasteiger partial charge in [-0.2, -0.15) is 4.98 Å². The fourth-order valence-corrected chi connectivity index (χ4v) is 2.64. The maximum atomic E-state index is 11.7. The molecule has 0 spiro atoms. The van der Waals surface area contributed by atoms with Gasteiger partial charge in [-0.15, -0.1) is 0 Å². The summed E-state index contributed by atoms with van der Waals surface area (Å²) < 4.78 is 15.1. The van der Waals surface area contributed by atoms with E-state index in [-0.39, 0.29) is 23.5 Å². The van der Waals surface area contributed by atoms with Crippen LogP contribution in [0.4, 0.5) is 11.8 Å². The predicted octanol–water partition coefficient (Wildman–Crippen LogP) is 1.75. The van der Waals surface area contributed by atoms with Crippen molar-refractivity contribution in [1.29, 1.82) is 0 Å². The van der Waals surface area contributed by atoms with E-state index < -0.39 is 24.4 Å². The first-order valence-electron chi connectivity index (χ1n) is 8.99. The highest BCUT2D eigenvalue weighted by Gasteiger charge is 2.27. The van der Waals surface area contributed by atoms with E-state index >= 15 is 0 Å². The molecule has 0 aromatic carbocycles. The zero-order valence-electron chi connectivity index (χ0n) is 15.8. The van der Waals surface area contributed by atoms with Gasteiger partial charge in [-0.25, -0.2) is 4.98 Å². The molecule has 0 radical (unpaired) electrons. The molecule has 1 heterocycles. The minimum absolute atomic E-state index is 0.0137. The molecule has 5 N–H and O–H groups in total. The highest BCUT2D eigenvalue weighted by Crippen LogP contribution is 2.27. The zero-order valence-corrected chi connectivity index (χ0v) is 13.8. The number of primary amides is 1. The van der Waals surface area contributed by atoms with E-state index in [1.807, 2.05) is 6.92 Å². The van der Waals surface area contributed by atoms with Gasteiger partial charge >= 0.3 is 0 Å². The molecule has 7 nitrogen and oxygen atoms in total. The van der Waals surface area contributed by atoms with E-state index in [2.05, 4.69) is 20.6 Å². The molecule has 3 unspecified atom stereocenters. The topological polar surface area (TPSA) is 113 Å². The number of carbonyl (C=O) groups excluding carboxylic acids is 1. The van der Waals surface area contributed by atoms with Crippen LogP contribution in [0, 0.1) is 5.92 Å². The smallest absolute Gasteiger partial charge is 0.254 e. The first kappa shape index (κ1) is 14.7. The molecular weight excluding hydrogens is 294 g/mol. The lowest BCUT2D eigenvalue weighted by molar-refractivity contribution is 0.0739. The van der Waals surface area contributed by atoms with Gasteiger partial charge in [0.15, 0.2) is 0 Å². The second kappa shape index (κ2) is 6.70. The summed E-state index contributed by atoms with van der Waals surface area (Å²) in [6.07, 6.45) is 3.25. The van der Waals surface area contributed by atoms with E-state index in [1.54, 1.807) is 13.8 Å². The number of aliphatic hydroxyl groups excluding tert-OH is 1. The number of nitrogens with zero attached hydrogens (tertiary/aromatic N) is 2. The third-order valence-electron chi connectivity index (χ3n) is 3.98. The predicted molar refractivity (Wildman–Crippen MR) is 90.4 cm³/mol. The van der Waals surface area contributed by atoms with Crippen molar-refractivity contribution < 1.29 is 12.6 Å². The maximum absolute atomic E-state index is 11.7. The van der Waals surface area contributed by atoms with Gasteiger partial charge in [0.2, 0.25) is 5.95 Å². The summed E-state index contributed by atoms with van der Waals surface area (Å²) in [5.74, 6) is 0.130. The molecule has 0 aliphatic heterocycles. The van der Waals surface area contributed by atoms with Crippen LogP contribution in [0.3, 0.4) is 0 Å². The van der Waals surface area contributed by atoms with Crippen molar-refractivity contribution in [2.75, 3.05) is 10.6 Å². The van der Waals surface area contributed by atoms with Crippen molar-refractivity contribution in [3.05, 3.63) is 11.8 Å². The van der Waals surface area contributed by atoms with E-state index in [4.69, 9.17) is 8.48 Å². The van der Waals surface area contributed by atoms with Gasteiger partial charge in [-0.1, -0.05) is 6.92 Å². The number of amides is 1. The highest BCUT2D eigenvalue weighted by molar-refractivity contribution is 5.97. The van der Waals surface area contributed by atoms with Gasteiger partial charge in [-0.3, -0.25) is 4.79 Å². The Balaban J connectivity index is 2.22. The Morgan fingerprint density at radius 1 is 1.52 bits per heavy atom. The third-order valence-corrected chi connectivity index (χ3v) is 3.98. The Kier molecular flexibility index (Phi) is 4.28. The van der Waals surface area contributed by atoms with E-state index in [1.165, 1.54) is 6.20 Å². The number of nitrogens with one attached hydrogen (secondary N) is 2. The van der Waals surface area contributed by atoms with Crippen LogP contribution in [-0.4, -0.2) is 38.7 Å². The number of aromatic nitrogens is 2. The van der Waals surface area contributed by atoms with Crippen LogP contribution in [0.15, 0.2) is 6.20 Å². The molecule has 2 rings (SSSR count). The summed E-state index contributed by atoms with van der Waals surface area (Å²) >= 11 is 0. The Hall–Kier alpha value is -1.89. The molecule has 1 aromatic heterocycles. The molecule has 1 saturated carbocycles. The van der Waals surface area contributed by atoms with E-state index in [9.17, 15) is 9.90 Å². The monoisotopic (exact) mass is 323 g/mol. The first-order valence-corrected chi connectivity index (χ1v) is 7.84. The van der Waals surface area contributed by atoms with Crippen molar-refractivity contribution in [3.63, 3.8) is 0 Å². The van der Waals surface area contributed by atoms with Crippen LogP contribution >= 0.6 is 0 Å². The van der Waals surface area contributed by atoms with Crippen LogP contribution in [0.2, 0.25) is 0 Å². The van der Waals surface area contributed by atoms with Crippen LogP contribution in [0.25, 0.3) is 0 Å². The first-order chi connectivity index (χ1) is 11.6. The molecule has 1 amide bonds. The molecule has 1 fully saturated rings. The van der Waals surface area contributed by atoms with Crippen molar-refractivity contribution in [3.8, 4) is 0 Å². The molecule has 23 heavy (non-hydrogen) atoms. The lowest BCUT2D eigenvalue weighted by Gasteiger charge is -2.32. The van der Waals surface area contributed by atoms with Crippen molar-refractivity contribution in [2.24, 2.45) is 11.7 Å². The minimum Gasteiger partial charge on any atom is -0.393 e. The summed E-state index contributed by atoms with van der Waals surface area (Å²) in [5.41, 5.74) is 4.72. The van der Waals surface area contributed by atoms with Crippen molar-refractivity contribution in [1.82, 2.24) is 9.97 Å². The van der Waals surface area contributed by atoms with E-state index in [0.717, 1.165) is 12.8 Å². The van der Waals surface area contributed by atoms with Gasteiger partial charge in [0.25, 0.3) is 5.91 Å². The second-order valence-electron chi connectivity index (χ2n) is 6.87. The van der Waals surface area contributed by atoms with Crippen molar-refractivity contribution in [2.45, 2.75) is 64.6 Å². The molecular formula is C16H27N5O2. The standard InChI is InChI=1S/C16H27N5O2/c1-9-5-6-10(7-12(9)22)19-14-11(13(17)23)8-18-15(20-14)21-16(2,3)4/h8-10,12,22H,5-7H2,1-4H3,(H2,17,23)(H2,18,19,20,21)/i2D2. The maximum Gasteiger partial charge on any atom is 0.254 e. The van der Waals surface area contributed by atoms with Crippen LogP contribution in [0.1, 0.15) is 60.0 Å². The molecule has 1 aromatic rings. The van der Waals surface area contributed by atoms with Gasteiger partial charge in [0, 0.05) is 20.5 Å². The molecule has 0 saturated heterocycles. The average molecular weight is 323 g/mol. The van der Waals surface area contributed by atoms with Gasteiger partial charge in [0.05, 0.1) is 11.7 Å². The van der Waals surface area contributed by atoms with E-state index in [0.29, 0.717) is 12.2 Å². The largest absolute Gasteiger partial charge is 0.393 e. The molecule has 3 atom stereocenters. The minimum atomic E-state index is -1.13. The number of aliphatic hydroxyl groups is 1. The van der Waals surface area contributed by atoms with Crippen LogP contribution in [-0.2, 0) is 0 Å². The normalized spacial score (nSPS) is 26.4. The van der Waals surface area contributed by atoms with Crippen LogP contribution < -0.4 is 16.4 Å². The summed E-state index contributed by atoms with van der Waals surface area (Å²) in [5, 5.41) is 16.2. The number of hydrogen-bond acceptors (Lipinski definition) is 6. The molecule has 7 heteroatoms. The summed E-state index contributed by atoms with van der Waals surface area (Å²) in [6.45, 7) is 4.30. The Labute approximate surface area is 139 Å². The van der Waals surface area contributed by atoms with Crippen LogP contribution in [0.5, 0.6) is 0 Å². The lowest BCUT2D eigenvalue weighted by Crippen LogP contribution is -2.36. The lowest BCUT2D eigenvalue weighted by atomic mass is 9.85. The zero-order chi connectivity index (χ0) is 18.8. The fraction of sp³-hybridized carbons (Fsp3) is 0.688. The summed E-state index contributed by atoms with van der Waals surface area (Å²) in [7, 11) is 0. The quantitative estimate of drug-likeness (QED) is 0.671.